The van der Waals surface area contributed by atoms with Gasteiger partial charge in [-0.3, -0.25) is 9.36 Å². The Balaban J connectivity index is 1.58. The fourth-order valence-corrected chi connectivity index (χ4v) is 8.66. The van der Waals surface area contributed by atoms with Crippen molar-refractivity contribution in [2.45, 2.75) is 19.6 Å². The van der Waals surface area contributed by atoms with Crippen LogP contribution in [0.15, 0.2) is 100 Å². The van der Waals surface area contributed by atoms with Crippen LogP contribution in [0.25, 0.3) is 11.8 Å². The molecule has 49 heavy (non-hydrogen) atoms. The van der Waals surface area contributed by atoms with Gasteiger partial charge < -0.3 is 18.9 Å². The monoisotopic (exact) mass is 918 g/mol. The SMILES string of the molecule is CCOC(=O)C1=C(c2ccccc2)N=c2s/c(=C\c3cc(I)cc(I)c3OCc3ccc(Cl)cc3)c(=O)n2[C@@H]1c1ccc(OC)c(OC)c1. The molecule has 1 atom stereocenters. The molecule has 0 unspecified atom stereocenters. The zero-order valence-corrected chi connectivity index (χ0v) is 32.4. The van der Waals surface area contributed by atoms with Gasteiger partial charge in [0.25, 0.3) is 5.56 Å². The van der Waals surface area contributed by atoms with Crippen LogP contribution in [0.4, 0.5) is 0 Å². The maximum atomic E-state index is 14.5. The lowest BCUT2D eigenvalue weighted by Gasteiger charge is -2.26. The first-order chi connectivity index (χ1) is 23.7. The van der Waals surface area contributed by atoms with E-state index >= 15 is 0 Å². The molecule has 5 aromatic rings. The summed E-state index contributed by atoms with van der Waals surface area (Å²) in [5, 5.41) is 0.650. The number of aromatic nitrogens is 1. The fourth-order valence-electron chi connectivity index (χ4n) is 5.50. The third kappa shape index (κ3) is 7.44. The smallest absolute Gasteiger partial charge is 0.338 e. The van der Waals surface area contributed by atoms with Gasteiger partial charge in [0.2, 0.25) is 0 Å². The van der Waals surface area contributed by atoms with Crippen LogP contribution in [-0.2, 0) is 16.1 Å². The molecule has 1 aliphatic heterocycles. The van der Waals surface area contributed by atoms with Gasteiger partial charge in [-0.2, -0.15) is 0 Å². The van der Waals surface area contributed by atoms with Gasteiger partial charge in [0.1, 0.15) is 12.4 Å². The first-order valence-corrected chi connectivity index (χ1v) is 18.4. The Morgan fingerprint density at radius 2 is 1.71 bits per heavy atom. The van der Waals surface area contributed by atoms with Crippen molar-refractivity contribution >= 4 is 85.9 Å². The number of methoxy groups -OCH3 is 2. The van der Waals surface area contributed by atoms with Crippen molar-refractivity contribution in [2.24, 2.45) is 4.99 Å². The second-order valence-electron chi connectivity index (χ2n) is 10.8. The minimum absolute atomic E-state index is 0.150. The highest BCUT2D eigenvalue weighted by Gasteiger charge is 2.35. The van der Waals surface area contributed by atoms with E-state index < -0.39 is 12.0 Å². The number of hydrogen-bond acceptors (Lipinski definition) is 8. The number of nitrogens with zero attached hydrogens (tertiary/aromatic N) is 2. The molecule has 0 N–H and O–H groups in total. The first kappa shape index (κ1) is 35.2. The highest BCUT2D eigenvalue weighted by atomic mass is 127. The number of fused-ring (bicyclic) bond motifs is 1. The Morgan fingerprint density at radius 3 is 2.41 bits per heavy atom. The summed E-state index contributed by atoms with van der Waals surface area (Å²) in [7, 11) is 3.09. The van der Waals surface area contributed by atoms with E-state index in [2.05, 4.69) is 45.2 Å². The Kier molecular flexibility index (Phi) is 11.1. The molecule has 0 aliphatic carbocycles. The number of ether oxygens (including phenoxy) is 4. The Hall–Kier alpha value is -3.66. The summed E-state index contributed by atoms with van der Waals surface area (Å²) in [5.41, 5.74) is 3.42. The molecule has 1 aliphatic rings. The summed E-state index contributed by atoms with van der Waals surface area (Å²) in [6, 6.07) is 25.4. The molecule has 8 nitrogen and oxygen atoms in total. The van der Waals surface area contributed by atoms with Gasteiger partial charge in [-0.15, -0.1) is 0 Å². The zero-order chi connectivity index (χ0) is 34.7. The molecule has 1 aromatic heterocycles. The van der Waals surface area contributed by atoms with Crippen molar-refractivity contribution in [1.82, 2.24) is 4.57 Å². The second kappa shape index (κ2) is 15.5. The number of halogens is 3. The summed E-state index contributed by atoms with van der Waals surface area (Å²) in [4.78, 5) is 33.8. The summed E-state index contributed by atoms with van der Waals surface area (Å²) in [6.07, 6.45) is 1.83. The highest BCUT2D eigenvalue weighted by Crippen LogP contribution is 2.38. The Morgan fingerprint density at radius 1 is 0.980 bits per heavy atom. The summed E-state index contributed by atoms with van der Waals surface area (Å²) < 4.78 is 26.9. The van der Waals surface area contributed by atoms with E-state index in [9.17, 15) is 9.59 Å². The van der Waals surface area contributed by atoms with Gasteiger partial charge in [-0.25, -0.2) is 9.79 Å². The standard InChI is InChI=1S/C37H29ClI2N2O6S/c1-4-47-36(44)31-32(22-8-6-5-7-9-22)41-37-42(33(31)23-12-15-28(45-2)29(17-23)46-3)35(43)30(49-37)18-24-16-26(39)19-27(40)34(24)48-20-21-10-13-25(38)14-11-21/h5-19,33H,4,20H2,1-3H3/b30-18-/t33-/m1/s1. The molecular weight excluding hydrogens is 890 g/mol. The normalized spacial score (nSPS) is 14.2. The van der Waals surface area contributed by atoms with Crippen LogP contribution in [-0.4, -0.2) is 31.4 Å². The molecule has 0 fully saturated rings. The lowest BCUT2D eigenvalue weighted by atomic mass is 9.93. The third-order valence-corrected chi connectivity index (χ3v) is 10.4. The lowest BCUT2D eigenvalue weighted by molar-refractivity contribution is -0.138. The largest absolute Gasteiger partial charge is 0.493 e. The maximum absolute atomic E-state index is 14.5. The number of carbonyl (C=O) groups is 1. The number of hydrogen-bond donors (Lipinski definition) is 0. The maximum Gasteiger partial charge on any atom is 0.338 e. The van der Waals surface area contributed by atoms with Crippen LogP contribution in [0.2, 0.25) is 5.02 Å². The second-order valence-corrected chi connectivity index (χ2v) is 14.6. The van der Waals surface area contributed by atoms with Crippen molar-refractivity contribution < 1.29 is 23.7 Å². The van der Waals surface area contributed by atoms with Crippen LogP contribution in [0.3, 0.4) is 0 Å². The average molecular weight is 919 g/mol. The molecule has 0 spiro atoms. The molecule has 0 saturated carbocycles. The molecule has 6 rings (SSSR count). The van der Waals surface area contributed by atoms with E-state index in [-0.39, 0.29) is 17.7 Å². The predicted molar refractivity (Wildman–Crippen MR) is 208 cm³/mol. The minimum Gasteiger partial charge on any atom is -0.493 e. The number of rotatable bonds is 10. The number of benzene rings is 4. The topological polar surface area (TPSA) is 88.4 Å². The van der Waals surface area contributed by atoms with Crippen LogP contribution >= 0.6 is 68.1 Å². The van der Waals surface area contributed by atoms with E-state index in [1.807, 2.05) is 78.9 Å². The van der Waals surface area contributed by atoms with Crippen molar-refractivity contribution in [3.05, 3.63) is 145 Å². The van der Waals surface area contributed by atoms with Gasteiger partial charge in [-0.05, 0) is 106 Å². The van der Waals surface area contributed by atoms with E-state index in [0.717, 1.165) is 23.8 Å². The van der Waals surface area contributed by atoms with Crippen molar-refractivity contribution in [3.8, 4) is 17.2 Å². The minimum atomic E-state index is -0.871. The predicted octanol–water partition coefficient (Wildman–Crippen LogP) is 7.39. The molecule has 2 heterocycles. The van der Waals surface area contributed by atoms with E-state index in [4.69, 9.17) is 35.5 Å². The first-order valence-electron chi connectivity index (χ1n) is 15.1. The highest BCUT2D eigenvalue weighted by molar-refractivity contribution is 14.1. The molecule has 12 heteroatoms. The fraction of sp³-hybridized carbons (Fsp3) is 0.162. The summed E-state index contributed by atoms with van der Waals surface area (Å²) in [5.74, 6) is 1.06. The molecule has 250 valence electrons. The molecular formula is C37H29ClI2N2O6S. The Bertz CT molecular complexity index is 2250. The Labute approximate surface area is 318 Å². The molecule has 0 amide bonds. The van der Waals surface area contributed by atoms with Gasteiger partial charge in [0, 0.05) is 19.7 Å². The number of thiazole rings is 1. The van der Waals surface area contributed by atoms with E-state index in [1.54, 1.807) is 37.8 Å². The van der Waals surface area contributed by atoms with Crippen LogP contribution < -0.4 is 29.1 Å². The average Bonchev–Trinajstić information content (AvgIpc) is 3.41. The number of carbonyl (C=O) groups excluding carboxylic acids is 1. The van der Waals surface area contributed by atoms with Gasteiger partial charge in [-0.1, -0.05) is 71.5 Å². The van der Waals surface area contributed by atoms with Crippen LogP contribution in [0.5, 0.6) is 17.2 Å². The quantitative estimate of drug-likeness (QED) is 0.107. The van der Waals surface area contributed by atoms with Crippen molar-refractivity contribution in [3.63, 3.8) is 0 Å². The van der Waals surface area contributed by atoms with Gasteiger partial charge >= 0.3 is 5.97 Å². The van der Waals surface area contributed by atoms with E-state index in [0.29, 0.717) is 49.5 Å². The third-order valence-electron chi connectivity index (χ3n) is 7.72. The number of esters is 1. The van der Waals surface area contributed by atoms with Crippen molar-refractivity contribution in [1.29, 1.82) is 0 Å². The van der Waals surface area contributed by atoms with Crippen LogP contribution in [0, 0.1) is 7.14 Å². The summed E-state index contributed by atoms with van der Waals surface area (Å²) >= 11 is 11.8. The van der Waals surface area contributed by atoms with Crippen LogP contribution in [0.1, 0.15) is 35.2 Å². The van der Waals surface area contributed by atoms with Gasteiger partial charge in [0.05, 0.1) is 46.2 Å². The molecule has 4 aromatic carbocycles. The molecule has 0 radical (unpaired) electrons. The van der Waals surface area contributed by atoms with Gasteiger partial charge in [0.15, 0.2) is 16.3 Å². The van der Waals surface area contributed by atoms with Crippen molar-refractivity contribution in [2.75, 3.05) is 20.8 Å². The summed E-state index contributed by atoms with van der Waals surface area (Å²) in [6.45, 7) is 2.21. The zero-order valence-electron chi connectivity index (χ0n) is 26.5. The molecule has 0 bridgehead atoms. The molecule has 0 saturated heterocycles. The van der Waals surface area contributed by atoms with E-state index in [1.165, 1.54) is 11.3 Å². The lowest BCUT2D eigenvalue weighted by Crippen LogP contribution is -2.40.